The van der Waals surface area contributed by atoms with Crippen LogP contribution >= 0.6 is 11.8 Å². The van der Waals surface area contributed by atoms with Crippen molar-refractivity contribution in [2.75, 3.05) is 0 Å². The van der Waals surface area contributed by atoms with Gasteiger partial charge < -0.3 is 10.2 Å². The minimum Gasteiger partial charge on any atom is -0.364 e. The monoisotopic (exact) mass is 232 g/mol. The molecule has 2 rings (SSSR count). The molecular formula is C13H12O2S. The molecule has 0 atom stereocenters. The van der Waals surface area contributed by atoms with E-state index in [1.807, 2.05) is 42.5 Å². The van der Waals surface area contributed by atoms with E-state index >= 15 is 0 Å². The summed E-state index contributed by atoms with van der Waals surface area (Å²) < 4.78 is 0. The Bertz CT molecular complexity index is 437. The van der Waals surface area contributed by atoms with E-state index in [9.17, 15) is 0 Å². The molecule has 0 spiro atoms. The van der Waals surface area contributed by atoms with Crippen LogP contribution in [0.2, 0.25) is 0 Å². The minimum absolute atomic E-state index is 0.511. The van der Waals surface area contributed by atoms with Gasteiger partial charge in [-0.3, -0.25) is 0 Å². The highest BCUT2D eigenvalue weighted by Gasteiger charge is 2.02. The Morgan fingerprint density at radius 2 is 1.31 bits per heavy atom. The minimum atomic E-state index is -1.39. The van der Waals surface area contributed by atoms with Crippen LogP contribution in [-0.2, 0) is 0 Å². The molecule has 0 saturated heterocycles. The van der Waals surface area contributed by atoms with Crippen molar-refractivity contribution >= 4 is 11.8 Å². The highest BCUT2D eigenvalue weighted by atomic mass is 32.2. The third-order valence-electron chi connectivity index (χ3n) is 2.16. The van der Waals surface area contributed by atoms with Crippen LogP contribution in [0, 0.1) is 0 Å². The van der Waals surface area contributed by atoms with Crippen LogP contribution in [0.25, 0.3) is 0 Å². The second-order valence-corrected chi connectivity index (χ2v) is 4.50. The Morgan fingerprint density at radius 3 is 1.88 bits per heavy atom. The van der Waals surface area contributed by atoms with Crippen LogP contribution in [0.4, 0.5) is 0 Å². The lowest BCUT2D eigenvalue weighted by Crippen LogP contribution is -1.93. The smallest absolute Gasteiger partial charge is 0.178 e. The molecule has 2 nitrogen and oxygen atoms in total. The third-order valence-corrected chi connectivity index (χ3v) is 3.17. The molecule has 2 aromatic rings. The van der Waals surface area contributed by atoms with Gasteiger partial charge in [0.2, 0.25) is 0 Å². The first-order valence-electron chi connectivity index (χ1n) is 4.95. The van der Waals surface area contributed by atoms with Crippen LogP contribution in [-0.4, -0.2) is 10.2 Å². The first kappa shape index (κ1) is 11.2. The van der Waals surface area contributed by atoms with Crippen LogP contribution in [0.3, 0.4) is 0 Å². The summed E-state index contributed by atoms with van der Waals surface area (Å²) in [7, 11) is 0. The molecule has 0 radical (unpaired) electrons. The average molecular weight is 232 g/mol. The standard InChI is InChI=1S/C13H12O2S/c14-13(15)10-6-8-12(9-7-10)16-11-4-2-1-3-5-11/h1-9,13-15H. The van der Waals surface area contributed by atoms with Crippen molar-refractivity contribution in [1.82, 2.24) is 0 Å². The first-order valence-corrected chi connectivity index (χ1v) is 5.76. The summed E-state index contributed by atoms with van der Waals surface area (Å²) in [6.45, 7) is 0. The molecule has 2 aromatic carbocycles. The van der Waals surface area contributed by atoms with Gasteiger partial charge >= 0.3 is 0 Å². The SMILES string of the molecule is OC(O)c1ccc(Sc2ccccc2)cc1. The first-order chi connectivity index (χ1) is 7.75. The normalized spacial score (nSPS) is 10.7. The van der Waals surface area contributed by atoms with Gasteiger partial charge in [-0.2, -0.15) is 0 Å². The molecular weight excluding hydrogens is 220 g/mol. The van der Waals surface area contributed by atoms with Gasteiger partial charge in [0, 0.05) is 15.4 Å². The van der Waals surface area contributed by atoms with Crippen molar-refractivity contribution in [3.05, 3.63) is 60.2 Å². The quantitative estimate of drug-likeness (QED) is 0.799. The van der Waals surface area contributed by atoms with Gasteiger partial charge in [-0.25, -0.2) is 0 Å². The molecule has 0 bridgehead atoms. The van der Waals surface area contributed by atoms with Gasteiger partial charge in [0.05, 0.1) is 0 Å². The third kappa shape index (κ3) is 2.85. The van der Waals surface area contributed by atoms with Crippen LogP contribution in [0.1, 0.15) is 11.9 Å². The second kappa shape index (κ2) is 5.16. The fourth-order valence-corrected chi connectivity index (χ4v) is 2.17. The molecule has 2 N–H and O–H groups in total. The van der Waals surface area contributed by atoms with Gasteiger partial charge in [0.1, 0.15) is 0 Å². The number of rotatable bonds is 3. The Labute approximate surface area is 98.6 Å². The molecule has 16 heavy (non-hydrogen) atoms. The lowest BCUT2D eigenvalue weighted by atomic mass is 10.2. The van der Waals surface area contributed by atoms with E-state index < -0.39 is 6.29 Å². The Balaban J connectivity index is 2.11. The fourth-order valence-electron chi connectivity index (χ4n) is 1.33. The van der Waals surface area contributed by atoms with E-state index in [4.69, 9.17) is 10.2 Å². The highest BCUT2D eigenvalue weighted by Crippen LogP contribution is 2.27. The molecule has 0 amide bonds. The van der Waals surface area contributed by atoms with Crippen molar-refractivity contribution in [3.8, 4) is 0 Å². The molecule has 0 aromatic heterocycles. The zero-order chi connectivity index (χ0) is 11.4. The van der Waals surface area contributed by atoms with E-state index in [-0.39, 0.29) is 0 Å². The Kier molecular flexibility index (Phi) is 3.62. The van der Waals surface area contributed by atoms with Crippen LogP contribution in [0.5, 0.6) is 0 Å². The lowest BCUT2D eigenvalue weighted by molar-refractivity contribution is -0.0425. The number of aliphatic hydroxyl groups excluding tert-OH is 1. The summed E-state index contributed by atoms with van der Waals surface area (Å²) in [5.74, 6) is 0. The predicted octanol–water partition coefficient (Wildman–Crippen LogP) is 2.82. The summed E-state index contributed by atoms with van der Waals surface area (Å²) in [6.07, 6.45) is -1.39. The maximum Gasteiger partial charge on any atom is 0.178 e. The van der Waals surface area contributed by atoms with E-state index in [0.29, 0.717) is 5.56 Å². The van der Waals surface area contributed by atoms with E-state index in [1.54, 1.807) is 23.9 Å². The molecule has 0 saturated carbocycles. The molecule has 0 heterocycles. The van der Waals surface area contributed by atoms with Gasteiger partial charge in [0.15, 0.2) is 6.29 Å². The molecule has 3 heteroatoms. The number of hydrogen-bond donors (Lipinski definition) is 2. The van der Waals surface area contributed by atoms with E-state index in [2.05, 4.69) is 0 Å². The van der Waals surface area contributed by atoms with Crippen molar-refractivity contribution in [3.63, 3.8) is 0 Å². The van der Waals surface area contributed by atoms with E-state index in [1.165, 1.54) is 4.90 Å². The zero-order valence-corrected chi connectivity index (χ0v) is 9.39. The average Bonchev–Trinajstić information content (AvgIpc) is 2.31. The molecule has 0 aliphatic rings. The van der Waals surface area contributed by atoms with Gasteiger partial charge in [0.25, 0.3) is 0 Å². The molecule has 0 fully saturated rings. The summed E-state index contributed by atoms with van der Waals surface area (Å²) in [4.78, 5) is 2.25. The number of hydrogen-bond acceptors (Lipinski definition) is 3. The van der Waals surface area contributed by atoms with Crippen molar-refractivity contribution in [2.24, 2.45) is 0 Å². The summed E-state index contributed by atoms with van der Waals surface area (Å²) in [5.41, 5.74) is 0.511. The Hall–Kier alpha value is -1.29. The van der Waals surface area contributed by atoms with Crippen LogP contribution in [0.15, 0.2) is 64.4 Å². The highest BCUT2D eigenvalue weighted by molar-refractivity contribution is 7.99. The number of aliphatic hydroxyl groups is 2. The Morgan fingerprint density at radius 1 is 0.750 bits per heavy atom. The topological polar surface area (TPSA) is 40.5 Å². The molecule has 0 aliphatic heterocycles. The number of benzene rings is 2. The summed E-state index contributed by atoms with van der Waals surface area (Å²) in [6, 6.07) is 17.3. The summed E-state index contributed by atoms with van der Waals surface area (Å²) >= 11 is 1.64. The lowest BCUT2D eigenvalue weighted by Gasteiger charge is -2.05. The molecule has 82 valence electrons. The largest absolute Gasteiger partial charge is 0.364 e. The summed E-state index contributed by atoms with van der Waals surface area (Å²) in [5, 5.41) is 17.9. The zero-order valence-electron chi connectivity index (χ0n) is 8.58. The predicted molar refractivity (Wildman–Crippen MR) is 64.2 cm³/mol. The van der Waals surface area contributed by atoms with Gasteiger partial charge in [-0.15, -0.1) is 0 Å². The van der Waals surface area contributed by atoms with Crippen molar-refractivity contribution in [2.45, 2.75) is 16.1 Å². The maximum absolute atomic E-state index is 8.95. The fraction of sp³-hybridized carbons (Fsp3) is 0.0769. The molecule has 0 aliphatic carbocycles. The second-order valence-electron chi connectivity index (χ2n) is 3.36. The van der Waals surface area contributed by atoms with Crippen molar-refractivity contribution in [1.29, 1.82) is 0 Å². The van der Waals surface area contributed by atoms with Crippen LogP contribution < -0.4 is 0 Å². The maximum atomic E-state index is 8.95. The van der Waals surface area contributed by atoms with Crippen molar-refractivity contribution < 1.29 is 10.2 Å². The van der Waals surface area contributed by atoms with E-state index in [0.717, 1.165) is 4.90 Å². The van der Waals surface area contributed by atoms with Gasteiger partial charge in [-0.1, -0.05) is 42.1 Å². The molecule has 0 unspecified atom stereocenters. The van der Waals surface area contributed by atoms with Gasteiger partial charge in [-0.05, 0) is 24.3 Å².